The molecule has 1 aliphatic rings. The van der Waals surface area contributed by atoms with Gasteiger partial charge in [0.05, 0.1) is 10.6 Å². The summed E-state index contributed by atoms with van der Waals surface area (Å²) in [5, 5.41) is 3.74. The summed E-state index contributed by atoms with van der Waals surface area (Å²) in [5.74, 6) is -0.874. The standard InChI is InChI=1S/C30H33Cl2N3O4S/c1-21-15-17-25(18-16-21)40(38,39)35(24-11-4-3-5-12-24)20-29(36)34(19-26-27(31)13-8-14-28(26)32)22(2)30(37)33-23-9-6-7-10-23/h3-5,8,11-18,22-23H,6-7,9-10,19-20H2,1-2H3,(H,33,37). The van der Waals surface area contributed by atoms with Crippen LogP contribution in [-0.4, -0.2) is 43.8 Å². The molecule has 40 heavy (non-hydrogen) atoms. The Morgan fingerprint density at radius 2 is 1.52 bits per heavy atom. The predicted molar refractivity (Wildman–Crippen MR) is 159 cm³/mol. The first-order valence-electron chi connectivity index (χ1n) is 13.2. The second-order valence-electron chi connectivity index (χ2n) is 10.0. The van der Waals surface area contributed by atoms with Crippen LogP contribution in [0.4, 0.5) is 5.69 Å². The molecule has 1 unspecified atom stereocenters. The number of nitrogens with one attached hydrogen (secondary N) is 1. The molecule has 10 heteroatoms. The lowest BCUT2D eigenvalue weighted by Crippen LogP contribution is -2.52. The first-order chi connectivity index (χ1) is 19.1. The van der Waals surface area contributed by atoms with E-state index in [4.69, 9.17) is 23.2 Å². The van der Waals surface area contributed by atoms with E-state index in [1.54, 1.807) is 67.6 Å². The lowest BCUT2D eigenvalue weighted by molar-refractivity contribution is -0.139. The Balaban J connectivity index is 1.69. The van der Waals surface area contributed by atoms with Crippen molar-refractivity contribution in [1.82, 2.24) is 10.2 Å². The summed E-state index contributed by atoms with van der Waals surface area (Å²) in [7, 11) is -4.12. The molecule has 0 aliphatic heterocycles. The normalized spacial score (nSPS) is 14.5. The van der Waals surface area contributed by atoms with Crippen molar-refractivity contribution in [3.8, 4) is 0 Å². The van der Waals surface area contributed by atoms with Gasteiger partial charge < -0.3 is 10.2 Å². The Morgan fingerprint density at radius 1 is 0.925 bits per heavy atom. The van der Waals surface area contributed by atoms with E-state index in [2.05, 4.69) is 5.32 Å². The highest BCUT2D eigenvalue weighted by Gasteiger charge is 2.33. The van der Waals surface area contributed by atoms with Crippen molar-refractivity contribution in [2.45, 2.75) is 63.1 Å². The second kappa shape index (κ2) is 13.1. The Kier molecular flexibility index (Phi) is 9.77. The van der Waals surface area contributed by atoms with Gasteiger partial charge in [0.1, 0.15) is 12.6 Å². The van der Waals surface area contributed by atoms with Crippen LogP contribution in [0.15, 0.2) is 77.7 Å². The molecule has 1 N–H and O–H groups in total. The van der Waals surface area contributed by atoms with Crippen LogP contribution in [0.2, 0.25) is 10.0 Å². The third-order valence-corrected chi connectivity index (χ3v) is 9.69. The molecule has 2 amide bonds. The van der Waals surface area contributed by atoms with Crippen LogP contribution in [0, 0.1) is 6.92 Å². The Morgan fingerprint density at radius 3 is 2.12 bits per heavy atom. The lowest BCUT2D eigenvalue weighted by atomic mass is 10.1. The molecule has 3 aromatic rings. The van der Waals surface area contributed by atoms with Crippen LogP contribution in [0.3, 0.4) is 0 Å². The van der Waals surface area contributed by atoms with E-state index >= 15 is 0 Å². The SMILES string of the molecule is Cc1ccc(S(=O)(=O)N(CC(=O)N(Cc2c(Cl)cccc2Cl)C(C)C(=O)NC2CCCC2)c2ccccc2)cc1. The Hall–Kier alpha value is -3.07. The second-order valence-corrected chi connectivity index (χ2v) is 12.7. The van der Waals surface area contributed by atoms with Crippen LogP contribution >= 0.6 is 23.2 Å². The number of carbonyl (C=O) groups is 2. The molecule has 3 aromatic carbocycles. The molecule has 0 aromatic heterocycles. The van der Waals surface area contributed by atoms with Crippen molar-refractivity contribution in [1.29, 1.82) is 0 Å². The third-order valence-electron chi connectivity index (χ3n) is 7.19. The molecule has 1 fully saturated rings. The number of aryl methyl sites for hydroxylation is 1. The van der Waals surface area contributed by atoms with E-state index in [9.17, 15) is 18.0 Å². The van der Waals surface area contributed by atoms with Gasteiger partial charge in [-0.05, 0) is 63.1 Å². The van der Waals surface area contributed by atoms with E-state index in [1.807, 2.05) is 6.92 Å². The molecular formula is C30H33Cl2N3O4S. The molecule has 0 saturated heterocycles. The molecule has 0 radical (unpaired) electrons. The number of carbonyl (C=O) groups excluding carboxylic acids is 2. The fourth-order valence-electron chi connectivity index (χ4n) is 4.79. The van der Waals surface area contributed by atoms with E-state index in [0.717, 1.165) is 35.6 Å². The van der Waals surface area contributed by atoms with Gasteiger partial charge in [0, 0.05) is 28.2 Å². The van der Waals surface area contributed by atoms with Gasteiger partial charge in [-0.15, -0.1) is 0 Å². The minimum absolute atomic E-state index is 0.0542. The van der Waals surface area contributed by atoms with Gasteiger partial charge in [0.15, 0.2) is 0 Å². The number of para-hydroxylation sites is 1. The predicted octanol–water partition coefficient (Wildman–Crippen LogP) is 5.97. The molecule has 1 aliphatic carbocycles. The number of halogens is 2. The summed E-state index contributed by atoms with van der Waals surface area (Å²) in [6, 6.07) is 19.1. The molecule has 0 heterocycles. The molecule has 212 valence electrons. The highest BCUT2D eigenvalue weighted by Crippen LogP contribution is 2.28. The van der Waals surface area contributed by atoms with E-state index in [0.29, 0.717) is 21.3 Å². The van der Waals surface area contributed by atoms with Gasteiger partial charge >= 0.3 is 0 Å². The molecule has 7 nitrogen and oxygen atoms in total. The number of nitrogens with zero attached hydrogens (tertiary/aromatic N) is 2. The number of amides is 2. The number of hydrogen-bond donors (Lipinski definition) is 1. The summed E-state index contributed by atoms with van der Waals surface area (Å²) in [6.45, 7) is 2.91. The molecule has 0 spiro atoms. The zero-order valence-electron chi connectivity index (χ0n) is 22.5. The van der Waals surface area contributed by atoms with Crippen molar-refractivity contribution in [3.63, 3.8) is 0 Å². The summed E-state index contributed by atoms with van der Waals surface area (Å²) in [5.41, 5.74) is 1.72. The largest absolute Gasteiger partial charge is 0.352 e. The molecule has 1 saturated carbocycles. The minimum atomic E-state index is -4.12. The maximum Gasteiger partial charge on any atom is 0.264 e. The van der Waals surface area contributed by atoms with Crippen LogP contribution in [0.5, 0.6) is 0 Å². The number of rotatable bonds is 10. The zero-order chi connectivity index (χ0) is 28.9. The van der Waals surface area contributed by atoms with Gasteiger partial charge in [-0.3, -0.25) is 13.9 Å². The van der Waals surface area contributed by atoms with Crippen LogP contribution in [0.25, 0.3) is 0 Å². The lowest BCUT2D eigenvalue weighted by Gasteiger charge is -2.33. The molecule has 4 rings (SSSR count). The highest BCUT2D eigenvalue weighted by molar-refractivity contribution is 7.92. The van der Waals surface area contributed by atoms with Gasteiger partial charge in [0.25, 0.3) is 10.0 Å². The number of sulfonamides is 1. The summed E-state index contributed by atoms with van der Waals surface area (Å²) >= 11 is 12.9. The van der Waals surface area contributed by atoms with Crippen molar-refractivity contribution < 1.29 is 18.0 Å². The van der Waals surface area contributed by atoms with Crippen molar-refractivity contribution in [3.05, 3.63) is 94.0 Å². The number of anilines is 1. The number of benzene rings is 3. The molecule has 0 bridgehead atoms. The van der Waals surface area contributed by atoms with Crippen molar-refractivity contribution in [2.75, 3.05) is 10.8 Å². The van der Waals surface area contributed by atoms with Gasteiger partial charge in [-0.25, -0.2) is 8.42 Å². The topological polar surface area (TPSA) is 86.8 Å². The summed E-state index contributed by atoms with van der Waals surface area (Å²) in [4.78, 5) is 28.7. The summed E-state index contributed by atoms with van der Waals surface area (Å²) < 4.78 is 28.7. The van der Waals surface area contributed by atoms with E-state index in [1.165, 1.54) is 17.0 Å². The van der Waals surface area contributed by atoms with E-state index in [-0.39, 0.29) is 23.4 Å². The maximum atomic E-state index is 14.0. The average Bonchev–Trinajstić information content (AvgIpc) is 3.45. The summed E-state index contributed by atoms with van der Waals surface area (Å²) in [6.07, 6.45) is 3.86. The van der Waals surface area contributed by atoms with Gasteiger partial charge in [-0.2, -0.15) is 0 Å². The highest BCUT2D eigenvalue weighted by atomic mass is 35.5. The minimum Gasteiger partial charge on any atom is -0.352 e. The van der Waals surface area contributed by atoms with Crippen molar-refractivity contribution >= 4 is 50.7 Å². The quantitative estimate of drug-likeness (QED) is 0.310. The fourth-order valence-corrected chi connectivity index (χ4v) is 6.72. The Bertz CT molecular complexity index is 1420. The van der Waals surface area contributed by atoms with Crippen molar-refractivity contribution in [2.24, 2.45) is 0 Å². The molecule has 1 atom stereocenters. The Labute approximate surface area is 246 Å². The third kappa shape index (κ3) is 6.97. The first kappa shape index (κ1) is 29.9. The molecular weight excluding hydrogens is 569 g/mol. The first-order valence-corrected chi connectivity index (χ1v) is 15.4. The maximum absolute atomic E-state index is 14.0. The van der Waals surface area contributed by atoms with E-state index < -0.39 is 28.5 Å². The monoisotopic (exact) mass is 601 g/mol. The fraction of sp³-hybridized carbons (Fsp3) is 0.333. The van der Waals surface area contributed by atoms with Gasteiger partial charge in [-0.1, -0.05) is 78.0 Å². The van der Waals surface area contributed by atoms with Crippen LogP contribution < -0.4 is 9.62 Å². The van der Waals surface area contributed by atoms with Crippen LogP contribution in [-0.2, 0) is 26.2 Å². The average molecular weight is 603 g/mol. The smallest absolute Gasteiger partial charge is 0.264 e. The van der Waals surface area contributed by atoms with Gasteiger partial charge in [0.2, 0.25) is 11.8 Å². The van der Waals surface area contributed by atoms with Crippen LogP contribution in [0.1, 0.15) is 43.7 Å². The number of hydrogen-bond acceptors (Lipinski definition) is 4. The zero-order valence-corrected chi connectivity index (χ0v) is 24.8.